The number of amides is 1. The van der Waals surface area contributed by atoms with Gasteiger partial charge in [0.2, 0.25) is 0 Å². The lowest BCUT2D eigenvalue weighted by Crippen LogP contribution is -2.31. The molecule has 1 aromatic carbocycles. The Hall–Kier alpha value is -1.31. The van der Waals surface area contributed by atoms with Crippen molar-refractivity contribution < 1.29 is 45.8 Å². The molecule has 3 N–H and O–H groups in total. The van der Waals surface area contributed by atoms with E-state index in [1.165, 1.54) is 12.1 Å². The van der Waals surface area contributed by atoms with Crippen LogP contribution in [0.3, 0.4) is 0 Å². The van der Waals surface area contributed by atoms with Crippen LogP contribution in [0.2, 0.25) is 0 Å². The summed E-state index contributed by atoms with van der Waals surface area (Å²) in [5.41, 5.74) is -4.55. The van der Waals surface area contributed by atoms with Gasteiger partial charge in [0.05, 0.1) is 11.3 Å². The fourth-order valence-corrected chi connectivity index (χ4v) is 5.63. The zero-order chi connectivity index (χ0) is 25.2. The summed E-state index contributed by atoms with van der Waals surface area (Å²) in [6.45, 7) is 0.355. The van der Waals surface area contributed by atoms with Crippen molar-refractivity contribution in [1.82, 2.24) is 10.2 Å². The van der Waals surface area contributed by atoms with E-state index in [0.717, 1.165) is 0 Å². The molecule has 1 amide bonds. The Kier molecular flexibility index (Phi) is 8.91. The van der Waals surface area contributed by atoms with Crippen molar-refractivity contribution in [1.29, 1.82) is 0 Å². The number of alkyl halides is 5. The maximum absolute atomic E-state index is 14.4. The number of rotatable bonds is 10. The smallest absolute Gasteiger partial charge is 0.400 e. The molecule has 0 unspecified atom stereocenters. The molecule has 1 aromatic heterocycles. The van der Waals surface area contributed by atoms with Crippen LogP contribution in [-0.2, 0) is 10.2 Å². The highest BCUT2D eigenvalue weighted by Gasteiger charge is 2.53. The van der Waals surface area contributed by atoms with Gasteiger partial charge in [-0.25, -0.2) is 0 Å². The van der Waals surface area contributed by atoms with Crippen LogP contribution in [0.5, 0.6) is 5.75 Å². The molecule has 2 aromatic rings. The van der Waals surface area contributed by atoms with Crippen LogP contribution in [-0.4, -0.2) is 60.6 Å². The number of likely N-dealkylation sites (N-methyl/N-ethyl adjacent to an activating group) is 1. The molecule has 7 nitrogen and oxygen atoms in total. The highest BCUT2D eigenvalue weighted by molar-refractivity contribution is 9.10. The minimum absolute atomic E-state index is 0.00171. The van der Waals surface area contributed by atoms with E-state index in [0.29, 0.717) is 17.9 Å². The van der Waals surface area contributed by atoms with E-state index < -0.39 is 49.7 Å². The Balaban J connectivity index is 2.48. The monoisotopic (exact) mass is 582 g/mol. The molecule has 186 valence electrons. The SMILES string of the molecule is CN(C)CCNC(=O)c1cc(OCCCC(F)(F)F)c2sc(C(F)(F)P(=O)(O)O)c(Br)c2c1. The van der Waals surface area contributed by atoms with Crippen molar-refractivity contribution in [3.05, 3.63) is 27.0 Å². The van der Waals surface area contributed by atoms with Gasteiger partial charge in [-0.05, 0) is 48.6 Å². The predicted molar refractivity (Wildman–Crippen MR) is 117 cm³/mol. The first kappa shape index (κ1) is 27.9. The van der Waals surface area contributed by atoms with Gasteiger partial charge in [0.1, 0.15) is 10.6 Å². The molecule has 0 spiro atoms. The van der Waals surface area contributed by atoms with Crippen molar-refractivity contribution in [3.8, 4) is 5.75 Å². The number of nitrogens with zero attached hydrogens (tertiary/aromatic N) is 1. The summed E-state index contributed by atoms with van der Waals surface area (Å²) < 4.78 is 82.4. The lowest BCUT2D eigenvalue weighted by molar-refractivity contribution is -0.136. The second-order valence-corrected chi connectivity index (χ2v) is 10.8. The van der Waals surface area contributed by atoms with Crippen molar-refractivity contribution >= 4 is 50.9 Å². The molecule has 0 saturated heterocycles. The van der Waals surface area contributed by atoms with Gasteiger partial charge in [0.15, 0.2) is 0 Å². The molecular weight excluding hydrogens is 562 g/mol. The van der Waals surface area contributed by atoms with E-state index in [9.17, 15) is 31.3 Å². The summed E-state index contributed by atoms with van der Waals surface area (Å²) in [4.78, 5) is 31.5. The number of thiophene rings is 1. The Labute approximate surface area is 198 Å². The van der Waals surface area contributed by atoms with E-state index in [1.807, 2.05) is 4.90 Å². The largest absolute Gasteiger partial charge is 0.492 e. The van der Waals surface area contributed by atoms with E-state index in [-0.39, 0.29) is 32.4 Å². The number of hydrogen-bond donors (Lipinski definition) is 3. The van der Waals surface area contributed by atoms with Crippen molar-refractivity contribution in [2.45, 2.75) is 24.7 Å². The molecule has 0 aliphatic carbocycles. The molecule has 0 fully saturated rings. The zero-order valence-corrected chi connectivity index (χ0v) is 20.7. The first-order valence-corrected chi connectivity index (χ1v) is 12.6. The van der Waals surface area contributed by atoms with Crippen LogP contribution < -0.4 is 10.1 Å². The molecule has 0 bridgehead atoms. The summed E-state index contributed by atoms with van der Waals surface area (Å²) in [6, 6.07) is 2.44. The van der Waals surface area contributed by atoms with Gasteiger partial charge >= 0.3 is 19.4 Å². The maximum atomic E-state index is 14.4. The van der Waals surface area contributed by atoms with E-state index in [2.05, 4.69) is 21.2 Å². The summed E-state index contributed by atoms with van der Waals surface area (Å²) in [5.74, 6) is -0.730. The molecule has 0 aliphatic heterocycles. The number of hydrogen-bond acceptors (Lipinski definition) is 5. The van der Waals surface area contributed by atoms with Crippen molar-refractivity contribution in [2.75, 3.05) is 33.8 Å². The first-order valence-electron chi connectivity index (χ1n) is 9.37. The lowest BCUT2D eigenvalue weighted by Gasteiger charge is -2.16. The second-order valence-electron chi connectivity index (χ2n) is 7.31. The average molecular weight is 583 g/mol. The molecule has 0 saturated carbocycles. The fourth-order valence-electron chi connectivity index (χ4n) is 2.65. The number of nitrogens with one attached hydrogen (secondary N) is 1. The molecule has 2 rings (SSSR count). The van der Waals surface area contributed by atoms with Gasteiger partial charge in [-0.2, -0.15) is 22.0 Å². The van der Waals surface area contributed by atoms with Crippen LogP contribution in [0.15, 0.2) is 16.6 Å². The van der Waals surface area contributed by atoms with Crippen LogP contribution in [0.4, 0.5) is 22.0 Å². The quantitative estimate of drug-likeness (QED) is 0.209. The molecule has 15 heteroatoms. The van der Waals surface area contributed by atoms with E-state index in [1.54, 1.807) is 14.1 Å². The van der Waals surface area contributed by atoms with Crippen LogP contribution in [0, 0.1) is 0 Å². The number of ether oxygens (including phenoxy) is 1. The Morgan fingerprint density at radius 3 is 2.42 bits per heavy atom. The highest BCUT2D eigenvalue weighted by Crippen LogP contribution is 2.63. The highest BCUT2D eigenvalue weighted by atomic mass is 79.9. The lowest BCUT2D eigenvalue weighted by atomic mass is 10.1. The average Bonchev–Trinajstić information content (AvgIpc) is 3.00. The van der Waals surface area contributed by atoms with Crippen molar-refractivity contribution in [2.24, 2.45) is 0 Å². The van der Waals surface area contributed by atoms with Crippen LogP contribution >= 0.6 is 34.9 Å². The van der Waals surface area contributed by atoms with Crippen LogP contribution in [0.1, 0.15) is 28.1 Å². The molecule has 1 heterocycles. The molecular formula is C18H21BrF5N2O5PS. The Bertz CT molecular complexity index is 1060. The maximum Gasteiger partial charge on any atom is 0.400 e. The van der Waals surface area contributed by atoms with Crippen LogP contribution in [0.25, 0.3) is 10.1 Å². The summed E-state index contributed by atoms with van der Waals surface area (Å²) in [6.07, 6.45) is -5.95. The minimum atomic E-state index is -5.89. The van der Waals surface area contributed by atoms with Gasteiger partial charge in [0, 0.05) is 34.9 Å². The number of fused-ring (bicyclic) bond motifs is 1. The number of halogens is 6. The van der Waals surface area contributed by atoms with E-state index in [4.69, 9.17) is 14.5 Å². The number of benzene rings is 1. The third-order valence-electron chi connectivity index (χ3n) is 4.30. The zero-order valence-electron chi connectivity index (χ0n) is 17.4. The standard InChI is InChI=1S/C18H21BrF5N2O5PS/c1-26(2)6-5-25-16(27)10-8-11-13(19)15(18(23,24)32(28,29)30)33-14(11)12(9-10)31-7-3-4-17(20,21)22/h8-9H,3-7H2,1-2H3,(H,25,27)(H2,28,29,30). The number of carbonyl (C=O) groups excluding carboxylic acids is 1. The van der Waals surface area contributed by atoms with Gasteiger partial charge < -0.3 is 24.7 Å². The normalized spacial score (nSPS) is 13.1. The third-order valence-corrected chi connectivity index (χ3v) is 7.79. The topological polar surface area (TPSA) is 99.1 Å². The second kappa shape index (κ2) is 10.5. The van der Waals surface area contributed by atoms with Gasteiger partial charge in [-0.3, -0.25) is 9.36 Å². The third kappa shape index (κ3) is 7.09. The Morgan fingerprint density at radius 2 is 1.88 bits per heavy atom. The first-order chi connectivity index (χ1) is 15.0. The van der Waals surface area contributed by atoms with Gasteiger partial charge in [-0.1, -0.05) is 0 Å². The Morgan fingerprint density at radius 1 is 1.24 bits per heavy atom. The summed E-state index contributed by atoms with van der Waals surface area (Å²) >= 11 is 3.24. The predicted octanol–water partition coefficient (Wildman–Crippen LogP) is 4.90. The molecule has 33 heavy (non-hydrogen) atoms. The summed E-state index contributed by atoms with van der Waals surface area (Å²) in [7, 11) is -2.31. The summed E-state index contributed by atoms with van der Waals surface area (Å²) in [5, 5.41) is 2.63. The molecule has 0 atom stereocenters. The minimum Gasteiger partial charge on any atom is -0.492 e. The van der Waals surface area contributed by atoms with E-state index >= 15 is 0 Å². The van der Waals surface area contributed by atoms with Gasteiger partial charge in [-0.15, -0.1) is 11.3 Å². The number of carbonyl (C=O) groups is 1. The molecule has 0 radical (unpaired) electrons. The molecule has 0 aliphatic rings. The van der Waals surface area contributed by atoms with Crippen molar-refractivity contribution in [3.63, 3.8) is 0 Å². The fraction of sp³-hybridized carbons (Fsp3) is 0.500. The van der Waals surface area contributed by atoms with Gasteiger partial charge in [0.25, 0.3) is 5.91 Å².